The van der Waals surface area contributed by atoms with Crippen LogP contribution < -0.4 is 11.1 Å². The van der Waals surface area contributed by atoms with Gasteiger partial charge in [0, 0.05) is 13.1 Å². The molecule has 0 spiro atoms. The lowest BCUT2D eigenvalue weighted by molar-refractivity contribution is 0.0942. The third-order valence-corrected chi connectivity index (χ3v) is 3.25. The number of hydrogen-bond donors (Lipinski definition) is 2. The van der Waals surface area contributed by atoms with Crippen LogP contribution in [0.25, 0.3) is 0 Å². The van der Waals surface area contributed by atoms with Crippen LogP contribution >= 0.6 is 0 Å². The van der Waals surface area contributed by atoms with Crippen LogP contribution in [0.15, 0.2) is 12.4 Å². The summed E-state index contributed by atoms with van der Waals surface area (Å²) in [4.78, 5) is 22.0. The molecule has 18 heavy (non-hydrogen) atoms. The highest BCUT2D eigenvalue weighted by atomic mass is 16.1. The van der Waals surface area contributed by atoms with E-state index in [1.54, 1.807) is 0 Å². The van der Waals surface area contributed by atoms with E-state index in [2.05, 4.69) is 27.1 Å². The Labute approximate surface area is 107 Å². The number of carbonyl (C=O) groups excluding carboxylic acids is 1. The first-order chi connectivity index (χ1) is 8.69. The van der Waals surface area contributed by atoms with Gasteiger partial charge in [0.2, 0.25) is 0 Å². The summed E-state index contributed by atoms with van der Waals surface area (Å²) in [5, 5.41) is 2.89. The Kier molecular flexibility index (Phi) is 4.09. The van der Waals surface area contributed by atoms with Gasteiger partial charge in [0.25, 0.3) is 5.91 Å². The largest absolute Gasteiger partial charge is 0.382 e. The van der Waals surface area contributed by atoms with Crippen LogP contribution in [0.4, 0.5) is 5.82 Å². The summed E-state index contributed by atoms with van der Waals surface area (Å²) >= 11 is 0. The Morgan fingerprint density at radius 2 is 2.44 bits per heavy atom. The zero-order valence-corrected chi connectivity index (χ0v) is 10.6. The van der Waals surface area contributed by atoms with E-state index in [1.807, 2.05) is 0 Å². The minimum atomic E-state index is -0.204. The number of nitrogens with two attached hydrogens (primary N) is 1. The lowest BCUT2D eigenvalue weighted by atomic mass is 10.1. The summed E-state index contributed by atoms with van der Waals surface area (Å²) in [6, 6.07) is 0. The quantitative estimate of drug-likeness (QED) is 0.792. The topological polar surface area (TPSA) is 84.1 Å². The SMILES string of the molecule is CCN1CCC(CNC(=O)c2cncc(N)n2)C1. The lowest BCUT2D eigenvalue weighted by Gasteiger charge is -2.13. The third-order valence-electron chi connectivity index (χ3n) is 3.25. The zero-order chi connectivity index (χ0) is 13.0. The van der Waals surface area contributed by atoms with E-state index in [9.17, 15) is 4.79 Å². The predicted molar refractivity (Wildman–Crippen MR) is 69.0 cm³/mol. The highest BCUT2D eigenvalue weighted by molar-refractivity contribution is 5.92. The van der Waals surface area contributed by atoms with Gasteiger partial charge in [0.15, 0.2) is 0 Å². The summed E-state index contributed by atoms with van der Waals surface area (Å²) in [6.45, 7) is 6.09. The summed E-state index contributed by atoms with van der Waals surface area (Å²) < 4.78 is 0. The molecule has 0 aliphatic carbocycles. The van der Waals surface area contributed by atoms with Gasteiger partial charge in [-0.1, -0.05) is 6.92 Å². The number of nitrogens with zero attached hydrogens (tertiary/aromatic N) is 3. The maximum Gasteiger partial charge on any atom is 0.271 e. The summed E-state index contributed by atoms with van der Waals surface area (Å²) in [5.41, 5.74) is 5.77. The van der Waals surface area contributed by atoms with Gasteiger partial charge in [-0.15, -0.1) is 0 Å². The standard InChI is InChI=1S/C12H19N5O/c1-2-17-4-3-9(8-17)5-15-12(18)10-6-14-7-11(13)16-10/h6-7,9H,2-5,8H2,1H3,(H2,13,16)(H,15,18). The Hall–Kier alpha value is -1.69. The van der Waals surface area contributed by atoms with E-state index < -0.39 is 0 Å². The fourth-order valence-electron chi connectivity index (χ4n) is 2.18. The monoisotopic (exact) mass is 249 g/mol. The number of aromatic nitrogens is 2. The minimum absolute atomic E-state index is 0.204. The molecule has 2 rings (SSSR count). The Bertz CT molecular complexity index is 423. The van der Waals surface area contributed by atoms with Gasteiger partial charge in [-0.3, -0.25) is 9.78 Å². The van der Waals surface area contributed by atoms with Crippen molar-refractivity contribution in [2.45, 2.75) is 13.3 Å². The first kappa shape index (κ1) is 12.8. The van der Waals surface area contributed by atoms with E-state index in [-0.39, 0.29) is 17.4 Å². The molecule has 2 heterocycles. The highest BCUT2D eigenvalue weighted by Gasteiger charge is 2.21. The van der Waals surface area contributed by atoms with Crippen molar-refractivity contribution < 1.29 is 4.79 Å². The van der Waals surface area contributed by atoms with Crippen molar-refractivity contribution in [3.8, 4) is 0 Å². The van der Waals surface area contributed by atoms with E-state index in [1.165, 1.54) is 12.4 Å². The Morgan fingerprint density at radius 3 is 3.11 bits per heavy atom. The van der Waals surface area contributed by atoms with Crippen molar-refractivity contribution in [3.63, 3.8) is 0 Å². The molecule has 1 aliphatic rings. The van der Waals surface area contributed by atoms with Crippen LogP contribution in [0.2, 0.25) is 0 Å². The molecule has 1 atom stereocenters. The Morgan fingerprint density at radius 1 is 1.61 bits per heavy atom. The van der Waals surface area contributed by atoms with Gasteiger partial charge in [0.05, 0.1) is 12.4 Å². The molecule has 3 N–H and O–H groups in total. The maximum absolute atomic E-state index is 11.8. The van der Waals surface area contributed by atoms with Crippen LogP contribution in [-0.4, -0.2) is 47.0 Å². The molecule has 6 nitrogen and oxygen atoms in total. The molecule has 1 saturated heterocycles. The van der Waals surface area contributed by atoms with Crippen molar-refractivity contribution in [3.05, 3.63) is 18.1 Å². The lowest BCUT2D eigenvalue weighted by Crippen LogP contribution is -2.31. The normalized spacial score (nSPS) is 19.9. The smallest absolute Gasteiger partial charge is 0.271 e. The molecule has 1 amide bonds. The number of likely N-dealkylation sites (tertiary alicyclic amines) is 1. The second-order valence-electron chi connectivity index (χ2n) is 4.59. The fourth-order valence-corrected chi connectivity index (χ4v) is 2.18. The molecular formula is C12H19N5O. The molecule has 0 aromatic carbocycles. The molecule has 0 bridgehead atoms. The van der Waals surface area contributed by atoms with Gasteiger partial charge >= 0.3 is 0 Å². The summed E-state index contributed by atoms with van der Waals surface area (Å²) in [7, 11) is 0. The molecule has 1 aromatic rings. The van der Waals surface area contributed by atoms with Crippen LogP contribution in [0.1, 0.15) is 23.8 Å². The predicted octanol–water partition coefficient (Wildman–Crippen LogP) is 0.130. The van der Waals surface area contributed by atoms with Crippen molar-refractivity contribution >= 4 is 11.7 Å². The van der Waals surface area contributed by atoms with Crippen LogP contribution in [0, 0.1) is 5.92 Å². The van der Waals surface area contributed by atoms with Crippen LogP contribution in [-0.2, 0) is 0 Å². The van der Waals surface area contributed by atoms with Crippen LogP contribution in [0.5, 0.6) is 0 Å². The molecule has 1 unspecified atom stereocenters. The maximum atomic E-state index is 11.8. The molecule has 6 heteroatoms. The molecule has 98 valence electrons. The minimum Gasteiger partial charge on any atom is -0.382 e. The highest BCUT2D eigenvalue weighted by Crippen LogP contribution is 2.14. The molecule has 0 saturated carbocycles. The number of nitrogens with one attached hydrogen (secondary N) is 1. The Balaban J connectivity index is 1.82. The van der Waals surface area contributed by atoms with Gasteiger partial charge in [-0.2, -0.15) is 0 Å². The molecular weight excluding hydrogens is 230 g/mol. The van der Waals surface area contributed by atoms with Crippen molar-refractivity contribution in [1.82, 2.24) is 20.2 Å². The van der Waals surface area contributed by atoms with Crippen LogP contribution in [0.3, 0.4) is 0 Å². The summed E-state index contributed by atoms with van der Waals surface area (Å²) in [5.74, 6) is 0.591. The van der Waals surface area contributed by atoms with E-state index in [0.717, 1.165) is 26.1 Å². The molecule has 1 aliphatic heterocycles. The van der Waals surface area contributed by atoms with Crippen molar-refractivity contribution in [2.75, 3.05) is 31.9 Å². The first-order valence-electron chi connectivity index (χ1n) is 6.27. The van der Waals surface area contributed by atoms with Gasteiger partial charge in [-0.05, 0) is 25.4 Å². The number of anilines is 1. The molecule has 1 fully saturated rings. The number of amides is 1. The van der Waals surface area contributed by atoms with Crippen molar-refractivity contribution in [1.29, 1.82) is 0 Å². The second kappa shape index (κ2) is 5.77. The van der Waals surface area contributed by atoms with E-state index >= 15 is 0 Å². The zero-order valence-electron chi connectivity index (χ0n) is 10.6. The van der Waals surface area contributed by atoms with Gasteiger partial charge < -0.3 is 16.0 Å². The number of carbonyl (C=O) groups is 1. The number of rotatable bonds is 4. The van der Waals surface area contributed by atoms with Gasteiger partial charge in [0.1, 0.15) is 11.5 Å². The van der Waals surface area contributed by atoms with Crippen molar-refractivity contribution in [2.24, 2.45) is 5.92 Å². The third kappa shape index (κ3) is 3.16. The van der Waals surface area contributed by atoms with Gasteiger partial charge in [-0.25, -0.2) is 4.98 Å². The average molecular weight is 249 g/mol. The summed E-state index contributed by atoms with van der Waals surface area (Å²) in [6.07, 6.45) is 3.99. The second-order valence-corrected chi connectivity index (χ2v) is 4.59. The van der Waals surface area contributed by atoms with E-state index in [4.69, 9.17) is 5.73 Å². The number of hydrogen-bond acceptors (Lipinski definition) is 5. The fraction of sp³-hybridized carbons (Fsp3) is 0.583. The molecule has 0 radical (unpaired) electrons. The average Bonchev–Trinajstić information content (AvgIpc) is 2.84. The molecule has 1 aromatic heterocycles. The number of nitrogen functional groups attached to an aromatic ring is 1. The first-order valence-corrected chi connectivity index (χ1v) is 6.27. The van der Waals surface area contributed by atoms with E-state index in [0.29, 0.717) is 12.5 Å².